The lowest BCUT2D eigenvalue weighted by Gasteiger charge is -2.01. The van der Waals surface area contributed by atoms with E-state index in [2.05, 4.69) is 30.2 Å². The third-order valence-electron chi connectivity index (χ3n) is 3.87. The molecule has 9 N–H and O–H groups in total. The van der Waals surface area contributed by atoms with Crippen molar-refractivity contribution < 1.29 is 10.3 Å². The molecule has 25 heavy (non-hydrogen) atoms. The van der Waals surface area contributed by atoms with Gasteiger partial charge in [-0.2, -0.15) is 5.10 Å². The van der Waals surface area contributed by atoms with Gasteiger partial charge in [-0.25, -0.2) is 13.8 Å². The van der Waals surface area contributed by atoms with Gasteiger partial charge in [0.2, 0.25) is 0 Å². The Morgan fingerprint density at radius 3 is 2.60 bits per heavy atom. The van der Waals surface area contributed by atoms with E-state index in [1.807, 2.05) is 12.4 Å². The molecule has 0 atom stereocenters. The molecule has 0 saturated heterocycles. The Labute approximate surface area is 147 Å². The lowest BCUT2D eigenvalue weighted by molar-refractivity contribution is -0.686. The number of quaternary nitrogens is 1. The van der Waals surface area contributed by atoms with Gasteiger partial charge in [-0.3, -0.25) is 0 Å². The van der Waals surface area contributed by atoms with E-state index in [4.69, 9.17) is 17.2 Å². The molecule has 2 aromatic heterocycles. The maximum atomic E-state index is 6.09. The van der Waals surface area contributed by atoms with Crippen molar-refractivity contribution in [2.75, 3.05) is 25.4 Å². The van der Waals surface area contributed by atoms with Crippen molar-refractivity contribution in [3.8, 4) is 0 Å². The highest BCUT2D eigenvalue weighted by Gasteiger charge is 2.17. The Morgan fingerprint density at radius 2 is 1.88 bits per heavy atom. The van der Waals surface area contributed by atoms with Gasteiger partial charge in [0.05, 0.1) is 38.2 Å². The summed E-state index contributed by atoms with van der Waals surface area (Å²) < 4.78 is 5.82. The number of hydrogen-bond acceptors (Lipinski definition) is 6. The summed E-state index contributed by atoms with van der Waals surface area (Å²) in [5.74, 6) is 1.28. The average Bonchev–Trinajstić information content (AvgIpc) is 3.17. The number of aromatic nitrogens is 4. The first-order valence-corrected chi connectivity index (χ1v) is 8.72. The van der Waals surface area contributed by atoms with E-state index in [1.54, 1.807) is 10.9 Å². The van der Waals surface area contributed by atoms with Crippen LogP contribution >= 0.6 is 0 Å². The maximum absolute atomic E-state index is 6.09. The van der Waals surface area contributed by atoms with Crippen molar-refractivity contribution in [2.24, 2.45) is 21.7 Å². The minimum atomic E-state index is 0.501. The smallest absolute Gasteiger partial charge is 0.382 e. The van der Waals surface area contributed by atoms with E-state index < -0.39 is 0 Å². The summed E-state index contributed by atoms with van der Waals surface area (Å²) in [5.41, 5.74) is 21.7. The van der Waals surface area contributed by atoms with E-state index in [0.29, 0.717) is 31.1 Å². The van der Waals surface area contributed by atoms with Crippen LogP contribution in [0.25, 0.3) is 0 Å². The molecule has 0 saturated carbocycles. The highest BCUT2D eigenvalue weighted by Crippen LogP contribution is 2.23. The van der Waals surface area contributed by atoms with Crippen LogP contribution in [0.15, 0.2) is 28.8 Å². The highest BCUT2D eigenvalue weighted by molar-refractivity contribution is 5.56. The summed E-state index contributed by atoms with van der Waals surface area (Å²) in [5, 5.41) is 13.0. The fourth-order valence-electron chi connectivity index (χ4n) is 2.45. The molecule has 138 valence electrons. The number of hydrogen-bond donors (Lipinski definition) is 4. The number of rotatable bonds is 11. The molecule has 0 fully saturated rings. The molecule has 10 nitrogen and oxygen atoms in total. The third kappa shape index (κ3) is 5.08. The van der Waals surface area contributed by atoms with E-state index >= 15 is 0 Å². The molecule has 0 radical (unpaired) electrons. The highest BCUT2D eigenvalue weighted by atomic mass is 15.3. The van der Waals surface area contributed by atoms with Gasteiger partial charge in [-0.15, -0.1) is 0 Å². The maximum Gasteiger partial charge on any atom is 0.421 e. The first-order chi connectivity index (χ1) is 12.2. The van der Waals surface area contributed by atoms with E-state index in [1.165, 1.54) is 0 Å². The van der Waals surface area contributed by atoms with Crippen LogP contribution in [-0.4, -0.2) is 34.0 Å². The van der Waals surface area contributed by atoms with Crippen molar-refractivity contribution in [3.05, 3.63) is 18.6 Å². The van der Waals surface area contributed by atoms with Crippen molar-refractivity contribution in [1.82, 2.24) is 14.3 Å². The van der Waals surface area contributed by atoms with Crippen LogP contribution in [0.1, 0.15) is 19.3 Å². The van der Waals surface area contributed by atoms with Gasteiger partial charge in [0.25, 0.3) is 0 Å². The predicted molar refractivity (Wildman–Crippen MR) is 95.2 cm³/mol. The average molecular weight is 350 g/mol. The summed E-state index contributed by atoms with van der Waals surface area (Å²) in [6, 6.07) is 0. The fourth-order valence-corrected chi connectivity index (χ4v) is 2.45. The molecule has 0 unspecified atom stereocenters. The van der Waals surface area contributed by atoms with Crippen molar-refractivity contribution in [3.63, 3.8) is 0 Å². The van der Waals surface area contributed by atoms with Crippen LogP contribution in [0, 0.1) is 0 Å². The van der Waals surface area contributed by atoms with Gasteiger partial charge < -0.3 is 22.9 Å². The number of nitrogens with two attached hydrogens (primary N) is 3. The first kappa shape index (κ1) is 19.0. The molecule has 0 bridgehead atoms. The molecular formula is C15H30N10+2. The first-order valence-electron chi connectivity index (χ1n) is 8.72. The number of azo groups is 1. The molecule has 10 heteroatoms. The second kappa shape index (κ2) is 9.87. The fraction of sp³-hybridized carbons (Fsp3) is 0.600. The summed E-state index contributed by atoms with van der Waals surface area (Å²) >= 11 is 0. The zero-order valence-corrected chi connectivity index (χ0v) is 14.7. The van der Waals surface area contributed by atoms with Crippen LogP contribution in [0.3, 0.4) is 0 Å². The number of nitrogen functional groups attached to an aromatic ring is 1. The minimum absolute atomic E-state index is 0.501. The molecule has 0 aliphatic carbocycles. The Bertz CT molecular complexity index is 646. The van der Waals surface area contributed by atoms with Gasteiger partial charge in [0, 0.05) is 18.1 Å². The normalized spacial score (nSPS) is 11.6. The third-order valence-corrected chi connectivity index (χ3v) is 3.87. The second-order valence-corrected chi connectivity index (χ2v) is 5.81. The number of aryl methyl sites for hydroxylation is 3. The zero-order valence-electron chi connectivity index (χ0n) is 14.7. The van der Waals surface area contributed by atoms with E-state index in [9.17, 15) is 0 Å². The van der Waals surface area contributed by atoms with Crippen LogP contribution in [0.2, 0.25) is 0 Å². The number of anilines is 1. The van der Waals surface area contributed by atoms with Gasteiger partial charge in [-0.1, -0.05) is 5.11 Å². The van der Waals surface area contributed by atoms with Crippen molar-refractivity contribution >= 4 is 17.5 Å². The molecule has 0 aliphatic rings. The van der Waals surface area contributed by atoms with E-state index in [-0.39, 0.29) is 0 Å². The van der Waals surface area contributed by atoms with Gasteiger partial charge >= 0.3 is 5.95 Å². The van der Waals surface area contributed by atoms with Gasteiger partial charge in [0.1, 0.15) is 0 Å². The van der Waals surface area contributed by atoms with Crippen LogP contribution in [-0.2, 0) is 19.6 Å². The Morgan fingerprint density at radius 1 is 1.12 bits per heavy atom. The topological polar surface area (TPSA) is 157 Å². The quantitative estimate of drug-likeness (QED) is 0.312. The zero-order chi connectivity index (χ0) is 18.1. The van der Waals surface area contributed by atoms with Crippen molar-refractivity contribution in [1.29, 1.82) is 0 Å². The van der Waals surface area contributed by atoms with Crippen LogP contribution in [0.5, 0.6) is 0 Å². The lowest BCUT2D eigenvalue weighted by atomic mass is 10.4. The van der Waals surface area contributed by atoms with Crippen LogP contribution < -0.4 is 27.5 Å². The number of imidazole rings is 1. The molecule has 0 aliphatic heterocycles. The Hall–Kier alpha value is -2.30. The minimum Gasteiger partial charge on any atom is -0.382 e. The predicted octanol–water partition coefficient (Wildman–Crippen LogP) is -0.701. The van der Waals surface area contributed by atoms with Crippen molar-refractivity contribution in [2.45, 2.75) is 38.9 Å². The number of nitrogens with zero attached hydrogens (tertiary/aromatic N) is 6. The molecule has 0 aromatic carbocycles. The molecule has 2 rings (SSSR count). The summed E-state index contributed by atoms with van der Waals surface area (Å²) in [4.78, 5) is 0. The SMILES string of the molecule is NCCCn1cc[n+](CCC[NH3+])c1N=Nc1cnn(CCCN)c1N. The molecule has 0 spiro atoms. The lowest BCUT2D eigenvalue weighted by Crippen LogP contribution is -2.51. The monoisotopic (exact) mass is 350 g/mol. The van der Waals surface area contributed by atoms with Crippen LogP contribution in [0.4, 0.5) is 17.5 Å². The summed E-state index contributed by atoms with van der Waals surface area (Å²) in [6.07, 6.45) is 8.31. The summed E-state index contributed by atoms with van der Waals surface area (Å²) in [6.45, 7) is 4.42. The Kier molecular flexibility index (Phi) is 7.51. The molecule has 2 heterocycles. The molecule has 0 amide bonds. The Balaban J connectivity index is 2.20. The van der Waals surface area contributed by atoms with Gasteiger partial charge in [0.15, 0.2) is 11.5 Å². The second-order valence-electron chi connectivity index (χ2n) is 5.81. The molecule has 2 aromatic rings. The summed E-state index contributed by atoms with van der Waals surface area (Å²) in [7, 11) is 0. The van der Waals surface area contributed by atoms with Gasteiger partial charge in [-0.05, 0) is 25.9 Å². The standard InChI is InChI=1S/C15H28N10/c16-4-1-7-23-10-11-24(8-2-5-17)15(23)22-21-13-12-20-25(14(13)19)9-3-6-18/h10-12,19H,1-9,16-18H2/p+2. The van der Waals surface area contributed by atoms with E-state index in [0.717, 1.165) is 44.8 Å². The largest absolute Gasteiger partial charge is 0.421 e. The molecular weight excluding hydrogens is 320 g/mol.